The van der Waals surface area contributed by atoms with Gasteiger partial charge in [0, 0.05) is 5.39 Å². The molecule has 8 heteroatoms. The van der Waals surface area contributed by atoms with Gasteiger partial charge >= 0.3 is 0 Å². The number of rotatable bonds is 4. The van der Waals surface area contributed by atoms with Crippen LogP contribution in [0, 0.1) is 0 Å². The zero-order valence-corrected chi connectivity index (χ0v) is 14.1. The van der Waals surface area contributed by atoms with Crippen molar-refractivity contribution in [2.45, 2.75) is 48.2 Å². The third-order valence-electron chi connectivity index (χ3n) is 4.52. The second-order valence-corrected chi connectivity index (χ2v) is 7.60. The number of nitrogens with zero attached hydrogens (tertiary/aromatic N) is 2. The lowest BCUT2D eigenvalue weighted by molar-refractivity contribution is 0.156. The van der Waals surface area contributed by atoms with E-state index >= 15 is 0 Å². The van der Waals surface area contributed by atoms with Gasteiger partial charge in [-0.2, -0.15) is 10.2 Å². The topological polar surface area (TPSA) is 85.9 Å². The number of aromatic nitrogens is 2. The van der Waals surface area contributed by atoms with Crippen LogP contribution in [-0.2, 0) is 17.1 Å². The summed E-state index contributed by atoms with van der Waals surface area (Å²) in [6.07, 6.45) is 3.03. The molecule has 3 atom stereocenters. The first-order valence-corrected chi connectivity index (χ1v) is 8.93. The molecule has 1 aliphatic rings. The van der Waals surface area contributed by atoms with Gasteiger partial charge in [0.05, 0.1) is 16.6 Å². The summed E-state index contributed by atoms with van der Waals surface area (Å²) in [4.78, 5) is 0.200. The normalized spacial score (nSPS) is 21.3. The van der Waals surface area contributed by atoms with Gasteiger partial charge in [-0.1, -0.05) is 0 Å². The fraction of sp³-hybridized carbons (Fsp3) is 0.467. The molecule has 124 valence electrons. The van der Waals surface area contributed by atoms with Crippen LogP contribution < -0.4 is 5.73 Å². The van der Waals surface area contributed by atoms with Gasteiger partial charge in [-0.25, -0.2) is 12.8 Å². The standard InChI is InChI=1S/C15H17ClFN3O2S/c1-15(17,14(16)18)7-8-2-3-9-11(8)6-12(23(21)22)10-4-5-19-20-13(9)10/h4-6,8,14,23H,2-3,7,18H2,1H3. The van der Waals surface area contributed by atoms with Gasteiger partial charge < -0.3 is 5.73 Å². The van der Waals surface area contributed by atoms with Gasteiger partial charge in [-0.3, -0.25) is 0 Å². The number of aryl methyl sites for hydroxylation is 1. The Morgan fingerprint density at radius 1 is 1.57 bits per heavy atom. The van der Waals surface area contributed by atoms with Crippen LogP contribution in [-0.4, -0.2) is 29.8 Å². The zero-order chi connectivity index (χ0) is 16.8. The Bertz CT molecular complexity index is 831. The Labute approximate surface area is 140 Å². The van der Waals surface area contributed by atoms with E-state index in [1.165, 1.54) is 13.1 Å². The number of alkyl halides is 2. The van der Waals surface area contributed by atoms with Crippen LogP contribution in [0.25, 0.3) is 10.9 Å². The summed E-state index contributed by atoms with van der Waals surface area (Å²) < 4.78 is 37.7. The highest BCUT2D eigenvalue weighted by Gasteiger charge is 2.37. The first kappa shape index (κ1) is 16.5. The molecule has 5 nitrogen and oxygen atoms in total. The third kappa shape index (κ3) is 2.93. The van der Waals surface area contributed by atoms with E-state index in [9.17, 15) is 12.8 Å². The van der Waals surface area contributed by atoms with E-state index in [4.69, 9.17) is 17.3 Å². The molecule has 1 heterocycles. The summed E-state index contributed by atoms with van der Waals surface area (Å²) in [5.74, 6) is -0.134. The maximum Gasteiger partial charge on any atom is 0.168 e. The molecule has 0 aliphatic heterocycles. The molecular formula is C15H17ClFN3O2S. The number of hydrogen-bond acceptors (Lipinski definition) is 5. The van der Waals surface area contributed by atoms with E-state index in [1.807, 2.05) is 0 Å². The van der Waals surface area contributed by atoms with Crippen molar-refractivity contribution in [3.05, 3.63) is 29.5 Å². The maximum absolute atomic E-state index is 14.5. The van der Waals surface area contributed by atoms with Gasteiger partial charge in [0.15, 0.2) is 10.7 Å². The van der Waals surface area contributed by atoms with E-state index in [0.717, 1.165) is 11.1 Å². The minimum atomic E-state index is -2.78. The molecule has 0 saturated heterocycles. The quantitative estimate of drug-likeness (QED) is 0.498. The fourth-order valence-corrected chi connectivity index (χ4v) is 3.98. The molecule has 0 amide bonds. The van der Waals surface area contributed by atoms with Crippen molar-refractivity contribution < 1.29 is 12.8 Å². The van der Waals surface area contributed by atoms with Crippen molar-refractivity contribution in [1.29, 1.82) is 0 Å². The molecule has 0 bridgehead atoms. The lowest BCUT2D eigenvalue weighted by Crippen LogP contribution is -2.38. The SMILES string of the molecule is CC(F)(CC1CCc2c1cc([SH](=O)=O)c1ccnnc21)C(N)Cl. The predicted octanol–water partition coefficient (Wildman–Crippen LogP) is 2.27. The van der Waals surface area contributed by atoms with Crippen LogP contribution in [0.3, 0.4) is 0 Å². The second-order valence-electron chi connectivity index (χ2n) is 6.13. The minimum Gasteiger partial charge on any atom is -0.313 e. The summed E-state index contributed by atoms with van der Waals surface area (Å²) in [6.45, 7) is 1.37. The highest BCUT2D eigenvalue weighted by Crippen LogP contribution is 2.43. The molecule has 2 N–H and O–H groups in total. The Morgan fingerprint density at radius 3 is 2.96 bits per heavy atom. The first-order chi connectivity index (χ1) is 10.8. The molecule has 3 rings (SSSR count). The van der Waals surface area contributed by atoms with Crippen molar-refractivity contribution in [1.82, 2.24) is 10.2 Å². The van der Waals surface area contributed by atoms with Gasteiger partial charge in [-0.05, 0) is 55.4 Å². The average molecular weight is 358 g/mol. The van der Waals surface area contributed by atoms with Gasteiger partial charge in [-0.15, -0.1) is 11.6 Å². The van der Waals surface area contributed by atoms with E-state index in [2.05, 4.69) is 10.2 Å². The van der Waals surface area contributed by atoms with Gasteiger partial charge in [0.25, 0.3) is 0 Å². The maximum atomic E-state index is 14.5. The van der Waals surface area contributed by atoms with Crippen molar-refractivity contribution in [3.63, 3.8) is 0 Å². The summed E-state index contributed by atoms with van der Waals surface area (Å²) >= 11 is 5.74. The molecule has 0 saturated carbocycles. The molecule has 3 unspecified atom stereocenters. The molecule has 1 aromatic heterocycles. The van der Waals surface area contributed by atoms with Crippen molar-refractivity contribution in [2.75, 3.05) is 0 Å². The third-order valence-corrected chi connectivity index (χ3v) is 5.74. The van der Waals surface area contributed by atoms with E-state index < -0.39 is 21.9 Å². The molecule has 1 aliphatic carbocycles. The Morgan fingerprint density at radius 2 is 2.30 bits per heavy atom. The molecule has 23 heavy (non-hydrogen) atoms. The van der Waals surface area contributed by atoms with Crippen LogP contribution in [0.5, 0.6) is 0 Å². The number of fused-ring (bicyclic) bond motifs is 3. The Balaban J connectivity index is 2.13. The van der Waals surface area contributed by atoms with Crippen LogP contribution in [0.15, 0.2) is 23.2 Å². The van der Waals surface area contributed by atoms with Crippen LogP contribution in [0.4, 0.5) is 4.39 Å². The Kier molecular flexibility index (Phi) is 4.29. The molecule has 1 aromatic carbocycles. The lowest BCUT2D eigenvalue weighted by Gasteiger charge is -2.26. The minimum absolute atomic E-state index is 0.134. The number of halogens is 2. The smallest absolute Gasteiger partial charge is 0.168 e. The highest BCUT2D eigenvalue weighted by atomic mass is 35.5. The monoisotopic (exact) mass is 357 g/mol. The summed E-state index contributed by atoms with van der Waals surface area (Å²) in [5.41, 5.74) is 5.00. The van der Waals surface area contributed by atoms with Crippen molar-refractivity contribution in [2.24, 2.45) is 5.73 Å². The first-order valence-electron chi connectivity index (χ1n) is 7.31. The van der Waals surface area contributed by atoms with Gasteiger partial charge in [0.1, 0.15) is 11.2 Å². The largest absolute Gasteiger partial charge is 0.313 e. The van der Waals surface area contributed by atoms with Crippen molar-refractivity contribution >= 4 is 33.2 Å². The average Bonchev–Trinajstić information content (AvgIpc) is 2.88. The highest BCUT2D eigenvalue weighted by molar-refractivity contribution is 7.72. The summed E-state index contributed by atoms with van der Waals surface area (Å²) in [6, 6.07) is 3.28. The molecule has 2 aromatic rings. The van der Waals surface area contributed by atoms with E-state index in [0.29, 0.717) is 23.7 Å². The lowest BCUT2D eigenvalue weighted by atomic mass is 9.88. The number of benzene rings is 1. The predicted molar refractivity (Wildman–Crippen MR) is 87.1 cm³/mol. The number of hydrogen-bond donors (Lipinski definition) is 2. The van der Waals surface area contributed by atoms with E-state index in [1.54, 1.807) is 12.1 Å². The summed E-state index contributed by atoms with van der Waals surface area (Å²) in [5, 5.41) is 8.52. The van der Waals surface area contributed by atoms with Crippen molar-refractivity contribution in [3.8, 4) is 0 Å². The van der Waals surface area contributed by atoms with E-state index in [-0.39, 0.29) is 17.2 Å². The molecular weight excluding hydrogens is 341 g/mol. The van der Waals surface area contributed by atoms with Crippen LogP contribution in [0.1, 0.15) is 36.8 Å². The van der Waals surface area contributed by atoms with Crippen LogP contribution >= 0.6 is 11.6 Å². The number of thiol groups is 1. The molecule has 0 radical (unpaired) electrons. The fourth-order valence-electron chi connectivity index (χ4n) is 3.27. The number of nitrogens with two attached hydrogens (primary N) is 1. The Hall–Kier alpha value is -1.31. The van der Waals surface area contributed by atoms with Gasteiger partial charge in [0.2, 0.25) is 0 Å². The zero-order valence-electron chi connectivity index (χ0n) is 12.5. The second kappa shape index (κ2) is 5.96. The molecule has 0 fully saturated rings. The summed E-state index contributed by atoms with van der Waals surface area (Å²) in [7, 11) is -2.78. The van der Waals surface area contributed by atoms with Crippen LogP contribution in [0.2, 0.25) is 0 Å². The molecule has 0 spiro atoms.